The summed E-state index contributed by atoms with van der Waals surface area (Å²) >= 11 is 5.91. The second-order valence-electron chi connectivity index (χ2n) is 6.47. The van der Waals surface area contributed by atoms with Gasteiger partial charge in [0, 0.05) is 6.26 Å². The highest BCUT2D eigenvalue weighted by atomic mass is 35.5. The summed E-state index contributed by atoms with van der Waals surface area (Å²) in [6.45, 7) is 0.00164. The predicted octanol–water partition coefficient (Wildman–Crippen LogP) is 1.85. The van der Waals surface area contributed by atoms with E-state index in [1.165, 1.54) is 35.2 Å². The van der Waals surface area contributed by atoms with Crippen LogP contribution in [0.4, 0.5) is 9.18 Å². The summed E-state index contributed by atoms with van der Waals surface area (Å²) in [6.07, 6.45) is 1.09. The Morgan fingerprint density at radius 3 is 2.36 bits per heavy atom. The molecule has 2 aromatic carbocycles. The van der Waals surface area contributed by atoms with Crippen molar-refractivity contribution in [3.8, 4) is 0 Å². The highest BCUT2D eigenvalue weighted by Crippen LogP contribution is 2.33. The van der Waals surface area contributed by atoms with Gasteiger partial charge in [0.25, 0.3) is 0 Å². The molecule has 1 saturated heterocycles. The van der Waals surface area contributed by atoms with Gasteiger partial charge in [0.1, 0.15) is 11.9 Å². The number of urea groups is 1. The summed E-state index contributed by atoms with van der Waals surface area (Å²) in [5.41, 5.74) is 6.36. The van der Waals surface area contributed by atoms with Gasteiger partial charge in [-0.25, -0.2) is 17.6 Å². The number of halogens is 2. The van der Waals surface area contributed by atoms with Crippen LogP contribution in [0.3, 0.4) is 0 Å². The Morgan fingerprint density at radius 2 is 1.86 bits per heavy atom. The van der Waals surface area contributed by atoms with Crippen LogP contribution in [0, 0.1) is 5.82 Å². The smallest absolute Gasteiger partial charge is 0.318 e. The fourth-order valence-electron chi connectivity index (χ4n) is 3.07. The largest absolute Gasteiger partial charge is 0.368 e. The SMILES string of the molecule is CS(=O)(=O)c1ccc([C@H](c2ccc(F)c(Cl)c2)N2CC(C(N)=O)NC2=O)cc1. The van der Waals surface area contributed by atoms with Crippen LogP contribution in [0.5, 0.6) is 0 Å². The number of amides is 3. The first kappa shape index (κ1) is 20.1. The summed E-state index contributed by atoms with van der Waals surface area (Å²) in [4.78, 5) is 25.4. The Morgan fingerprint density at radius 1 is 1.25 bits per heavy atom. The zero-order chi connectivity index (χ0) is 20.6. The Bertz CT molecular complexity index is 1040. The Hall–Kier alpha value is -2.65. The third-order valence-electron chi connectivity index (χ3n) is 4.48. The van der Waals surface area contributed by atoms with E-state index < -0.39 is 39.7 Å². The first-order valence-corrected chi connectivity index (χ1v) is 10.5. The van der Waals surface area contributed by atoms with E-state index in [0.717, 1.165) is 6.26 Å². The van der Waals surface area contributed by atoms with Crippen molar-refractivity contribution < 1.29 is 22.4 Å². The van der Waals surface area contributed by atoms with Crippen molar-refractivity contribution in [3.63, 3.8) is 0 Å². The maximum absolute atomic E-state index is 13.6. The second kappa shape index (κ2) is 7.40. The maximum Gasteiger partial charge on any atom is 0.318 e. The molecule has 148 valence electrons. The average molecular weight is 426 g/mol. The number of nitrogens with zero attached hydrogens (tertiary/aromatic N) is 1. The van der Waals surface area contributed by atoms with Crippen molar-refractivity contribution in [2.24, 2.45) is 5.73 Å². The monoisotopic (exact) mass is 425 g/mol. The van der Waals surface area contributed by atoms with Gasteiger partial charge in [-0.15, -0.1) is 0 Å². The summed E-state index contributed by atoms with van der Waals surface area (Å²) in [7, 11) is -3.40. The van der Waals surface area contributed by atoms with Gasteiger partial charge in [-0.2, -0.15) is 0 Å². The van der Waals surface area contributed by atoms with Crippen LogP contribution in [-0.4, -0.2) is 44.1 Å². The second-order valence-corrected chi connectivity index (χ2v) is 8.90. The Labute approximate surface area is 166 Å². The third kappa shape index (κ3) is 3.95. The first-order chi connectivity index (χ1) is 13.1. The van der Waals surface area contributed by atoms with Crippen molar-refractivity contribution in [2.75, 3.05) is 12.8 Å². The van der Waals surface area contributed by atoms with Crippen molar-refractivity contribution in [1.82, 2.24) is 10.2 Å². The molecule has 3 amide bonds. The Kier molecular flexibility index (Phi) is 5.31. The molecule has 1 unspecified atom stereocenters. The van der Waals surface area contributed by atoms with E-state index in [1.807, 2.05) is 0 Å². The molecule has 1 fully saturated rings. The van der Waals surface area contributed by atoms with Gasteiger partial charge >= 0.3 is 6.03 Å². The van der Waals surface area contributed by atoms with E-state index in [-0.39, 0.29) is 16.5 Å². The van der Waals surface area contributed by atoms with Gasteiger partial charge in [-0.1, -0.05) is 29.8 Å². The molecule has 1 heterocycles. The van der Waals surface area contributed by atoms with Crippen molar-refractivity contribution in [3.05, 3.63) is 64.4 Å². The molecule has 2 aromatic rings. The predicted molar refractivity (Wildman–Crippen MR) is 101 cm³/mol. The highest BCUT2D eigenvalue weighted by Gasteiger charge is 2.38. The molecule has 1 aliphatic heterocycles. The maximum atomic E-state index is 13.6. The number of carbonyl (C=O) groups is 2. The van der Waals surface area contributed by atoms with Crippen molar-refractivity contribution in [2.45, 2.75) is 17.0 Å². The van der Waals surface area contributed by atoms with Gasteiger partial charge in [0.05, 0.1) is 22.5 Å². The van der Waals surface area contributed by atoms with Gasteiger partial charge in [-0.3, -0.25) is 4.79 Å². The molecule has 7 nitrogen and oxygen atoms in total. The fourth-order valence-corrected chi connectivity index (χ4v) is 3.89. The molecule has 0 aromatic heterocycles. The number of primary amides is 1. The van der Waals surface area contributed by atoms with Crippen molar-refractivity contribution >= 4 is 33.4 Å². The van der Waals surface area contributed by atoms with Crippen LogP contribution in [0.25, 0.3) is 0 Å². The van der Waals surface area contributed by atoms with E-state index in [1.54, 1.807) is 12.1 Å². The topological polar surface area (TPSA) is 110 Å². The fraction of sp³-hybridized carbons (Fsp3) is 0.222. The highest BCUT2D eigenvalue weighted by molar-refractivity contribution is 7.90. The molecule has 1 aliphatic rings. The molecular formula is C18H17ClFN3O4S. The number of rotatable bonds is 5. The van der Waals surface area contributed by atoms with Crippen LogP contribution >= 0.6 is 11.6 Å². The van der Waals surface area contributed by atoms with E-state index in [9.17, 15) is 22.4 Å². The lowest BCUT2D eigenvalue weighted by Gasteiger charge is -2.28. The normalized spacial score (nSPS) is 18.0. The average Bonchev–Trinajstić information content (AvgIpc) is 3.00. The molecule has 3 rings (SSSR count). The van der Waals surface area contributed by atoms with Gasteiger partial charge in [0.15, 0.2) is 9.84 Å². The number of hydrogen-bond acceptors (Lipinski definition) is 4. The third-order valence-corrected chi connectivity index (χ3v) is 5.89. The number of hydrogen-bond donors (Lipinski definition) is 2. The van der Waals surface area contributed by atoms with Crippen LogP contribution in [0.1, 0.15) is 17.2 Å². The molecule has 0 spiro atoms. The summed E-state index contributed by atoms with van der Waals surface area (Å²) in [5.74, 6) is -1.29. The zero-order valence-electron chi connectivity index (χ0n) is 14.7. The van der Waals surface area contributed by atoms with E-state index in [0.29, 0.717) is 11.1 Å². The number of sulfone groups is 1. The van der Waals surface area contributed by atoms with E-state index in [4.69, 9.17) is 17.3 Å². The minimum absolute atomic E-state index is 0.00164. The molecule has 28 heavy (non-hydrogen) atoms. The lowest BCUT2D eigenvalue weighted by Crippen LogP contribution is -2.39. The molecule has 0 saturated carbocycles. The van der Waals surface area contributed by atoms with Gasteiger partial charge in [-0.05, 0) is 35.4 Å². The van der Waals surface area contributed by atoms with E-state index in [2.05, 4.69) is 5.32 Å². The van der Waals surface area contributed by atoms with Gasteiger partial charge in [0.2, 0.25) is 5.91 Å². The zero-order valence-corrected chi connectivity index (χ0v) is 16.3. The molecule has 0 radical (unpaired) electrons. The number of benzene rings is 2. The molecule has 3 N–H and O–H groups in total. The minimum atomic E-state index is -3.40. The van der Waals surface area contributed by atoms with Gasteiger partial charge < -0.3 is 16.0 Å². The number of carbonyl (C=O) groups excluding carboxylic acids is 2. The van der Waals surface area contributed by atoms with Crippen LogP contribution < -0.4 is 11.1 Å². The van der Waals surface area contributed by atoms with Crippen LogP contribution in [0.2, 0.25) is 5.02 Å². The quantitative estimate of drug-likeness (QED) is 0.761. The summed E-state index contributed by atoms with van der Waals surface area (Å²) in [6, 6.07) is 7.86. The summed E-state index contributed by atoms with van der Waals surface area (Å²) < 4.78 is 37.0. The lowest BCUT2D eigenvalue weighted by atomic mass is 9.97. The molecule has 2 atom stereocenters. The first-order valence-electron chi connectivity index (χ1n) is 8.19. The lowest BCUT2D eigenvalue weighted by molar-refractivity contribution is -0.119. The standard InChI is InChI=1S/C18H17ClFN3O4S/c1-28(26,27)12-5-2-10(3-6-12)16(11-4-7-14(20)13(19)8-11)23-9-15(17(21)24)22-18(23)25/h2-8,15-16H,9H2,1H3,(H2,21,24)(H,22,25)/t15?,16-/m1/s1. The van der Waals surface area contributed by atoms with E-state index >= 15 is 0 Å². The molecule has 10 heteroatoms. The van der Waals surface area contributed by atoms with Crippen LogP contribution in [0.15, 0.2) is 47.4 Å². The van der Waals surface area contributed by atoms with Crippen LogP contribution in [-0.2, 0) is 14.6 Å². The minimum Gasteiger partial charge on any atom is -0.368 e. The number of nitrogens with one attached hydrogen (secondary N) is 1. The molecular weight excluding hydrogens is 409 g/mol. The number of nitrogens with two attached hydrogens (primary N) is 1. The summed E-state index contributed by atoms with van der Waals surface area (Å²) in [5, 5.41) is 2.37. The molecule has 0 bridgehead atoms. The van der Waals surface area contributed by atoms with Crippen molar-refractivity contribution in [1.29, 1.82) is 0 Å². The molecule has 0 aliphatic carbocycles. The Balaban J connectivity index is 2.08.